The number of halogens is 4. The minimum absolute atomic E-state index is 0.0366. The fraction of sp³-hybridized carbons (Fsp3) is 0.300. The summed E-state index contributed by atoms with van der Waals surface area (Å²) in [6, 6.07) is 3.81. The first kappa shape index (κ1) is 13.8. The predicted molar refractivity (Wildman–Crippen MR) is 58.4 cm³/mol. The molecular formula is C10H9BrF3NO2. The highest BCUT2D eigenvalue weighted by Gasteiger charge is 2.33. The van der Waals surface area contributed by atoms with Gasteiger partial charge in [-0.1, -0.05) is 22.0 Å². The van der Waals surface area contributed by atoms with Gasteiger partial charge in [-0.05, 0) is 17.7 Å². The van der Waals surface area contributed by atoms with Crippen LogP contribution in [0.3, 0.4) is 0 Å². The van der Waals surface area contributed by atoms with Crippen LogP contribution in [0.25, 0.3) is 0 Å². The molecule has 0 radical (unpaired) electrons. The van der Waals surface area contributed by atoms with E-state index in [1.165, 1.54) is 12.1 Å². The Hall–Kier alpha value is -1.24. The van der Waals surface area contributed by atoms with Crippen molar-refractivity contribution in [1.82, 2.24) is 0 Å². The third-order valence-electron chi connectivity index (χ3n) is 1.99. The van der Waals surface area contributed by atoms with Crippen molar-refractivity contribution in [3.8, 4) is 0 Å². The van der Waals surface area contributed by atoms with Crippen molar-refractivity contribution >= 4 is 22.0 Å². The van der Waals surface area contributed by atoms with Gasteiger partial charge in [0, 0.05) is 10.9 Å². The Morgan fingerprint density at radius 1 is 1.41 bits per heavy atom. The Bertz CT molecular complexity index is 421. The summed E-state index contributed by atoms with van der Waals surface area (Å²) in [4.78, 5) is 10.3. The lowest BCUT2D eigenvalue weighted by Crippen LogP contribution is -2.16. The SMILES string of the molecule is NC(=O)OCCc1ccc(Br)cc1C(F)(F)F. The van der Waals surface area contributed by atoms with Gasteiger partial charge in [0.1, 0.15) is 0 Å². The van der Waals surface area contributed by atoms with Crippen LogP contribution in [0.2, 0.25) is 0 Å². The van der Waals surface area contributed by atoms with Crippen molar-refractivity contribution in [2.24, 2.45) is 5.73 Å². The van der Waals surface area contributed by atoms with E-state index >= 15 is 0 Å². The summed E-state index contributed by atoms with van der Waals surface area (Å²) in [5.41, 5.74) is 4.02. The molecule has 0 atom stereocenters. The second kappa shape index (κ2) is 5.39. The molecule has 0 unspecified atom stereocenters. The monoisotopic (exact) mass is 311 g/mol. The van der Waals surface area contributed by atoms with Gasteiger partial charge >= 0.3 is 12.3 Å². The average molecular weight is 312 g/mol. The third-order valence-corrected chi connectivity index (χ3v) is 2.49. The largest absolute Gasteiger partial charge is 0.449 e. The zero-order valence-electron chi connectivity index (χ0n) is 8.55. The Labute approximate surface area is 104 Å². The molecule has 1 aromatic carbocycles. The number of alkyl halides is 3. The lowest BCUT2D eigenvalue weighted by atomic mass is 10.0. The number of carbonyl (C=O) groups excluding carboxylic acids is 1. The average Bonchev–Trinajstić information content (AvgIpc) is 2.18. The second-order valence-electron chi connectivity index (χ2n) is 3.22. The zero-order valence-corrected chi connectivity index (χ0v) is 10.1. The minimum atomic E-state index is -4.44. The highest BCUT2D eigenvalue weighted by atomic mass is 79.9. The number of ether oxygens (including phenoxy) is 1. The molecule has 94 valence electrons. The molecule has 0 aliphatic heterocycles. The van der Waals surface area contributed by atoms with Crippen LogP contribution in [0.15, 0.2) is 22.7 Å². The van der Waals surface area contributed by atoms with Crippen LogP contribution < -0.4 is 5.73 Å². The van der Waals surface area contributed by atoms with E-state index < -0.39 is 17.8 Å². The first-order valence-corrected chi connectivity index (χ1v) is 5.38. The van der Waals surface area contributed by atoms with Gasteiger partial charge in [0.2, 0.25) is 0 Å². The molecule has 0 saturated heterocycles. The standard InChI is InChI=1S/C10H9BrF3NO2/c11-7-2-1-6(3-4-17-9(15)16)8(5-7)10(12,13)14/h1-2,5H,3-4H2,(H2,15,16). The number of nitrogens with two attached hydrogens (primary N) is 1. The van der Waals surface area contributed by atoms with E-state index in [1.54, 1.807) is 0 Å². The fourth-order valence-corrected chi connectivity index (χ4v) is 1.65. The van der Waals surface area contributed by atoms with Crippen LogP contribution in [-0.2, 0) is 17.3 Å². The highest BCUT2D eigenvalue weighted by Crippen LogP contribution is 2.34. The molecule has 2 N–H and O–H groups in total. The van der Waals surface area contributed by atoms with E-state index in [0.717, 1.165) is 6.07 Å². The molecule has 1 aromatic rings. The molecule has 0 spiro atoms. The van der Waals surface area contributed by atoms with Gasteiger partial charge in [-0.25, -0.2) is 4.79 Å². The number of hydrogen-bond donors (Lipinski definition) is 1. The number of benzene rings is 1. The van der Waals surface area contributed by atoms with Crippen molar-refractivity contribution in [2.45, 2.75) is 12.6 Å². The van der Waals surface area contributed by atoms with Crippen molar-refractivity contribution in [3.63, 3.8) is 0 Å². The molecule has 0 bridgehead atoms. The van der Waals surface area contributed by atoms with E-state index in [9.17, 15) is 18.0 Å². The minimum Gasteiger partial charge on any atom is -0.449 e. The maximum atomic E-state index is 12.7. The van der Waals surface area contributed by atoms with Crippen molar-refractivity contribution in [2.75, 3.05) is 6.61 Å². The van der Waals surface area contributed by atoms with E-state index in [2.05, 4.69) is 20.7 Å². The Kier molecular flexibility index (Phi) is 4.39. The maximum absolute atomic E-state index is 12.7. The van der Waals surface area contributed by atoms with E-state index in [0.29, 0.717) is 4.47 Å². The zero-order chi connectivity index (χ0) is 13.1. The van der Waals surface area contributed by atoms with E-state index in [1.807, 2.05) is 0 Å². The summed E-state index contributed by atoms with van der Waals surface area (Å²) in [5.74, 6) is 0. The summed E-state index contributed by atoms with van der Waals surface area (Å²) < 4.78 is 42.7. The molecular weight excluding hydrogens is 303 g/mol. The molecule has 0 aliphatic rings. The fourth-order valence-electron chi connectivity index (χ4n) is 1.29. The molecule has 0 heterocycles. The molecule has 3 nitrogen and oxygen atoms in total. The quantitative estimate of drug-likeness (QED) is 0.932. The normalized spacial score (nSPS) is 11.3. The van der Waals surface area contributed by atoms with Gasteiger partial charge in [-0.15, -0.1) is 0 Å². The topological polar surface area (TPSA) is 52.3 Å². The van der Waals surface area contributed by atoms with Gasteiger partial charge < -0.3 is 10.5 Å². The maximum Gasteiger partial charge on any atom is 0.416 e. The second-order valence-corrected chi connectivity index (χ2v) is 4.13. The van der Waals surface area contributed by atoms with Gasteiger partial charge in [0.05, 0.1) is 12.2 Å². The lowest BCUT2D eigenvalue weighted by Gasteiger charge is -2.13. The first-order valence-electron chi connectivity index (χ1n) is 4.58. The van der Waals surface area contributed by atoms with Crippen LogP contribution in [0.4, 0.5) is 18.0 Å². The van der Waals surface area contributed by atoms with Crippen LogP contribution in [-0.4, -0.2) is 12.7 Å². The lowest BCUT2D eigenvalue weighted by molar-refractivity contribution is -0.138. The number of primary amides is 1. The van der Waals surface area contributed by atoms with Gasteiger partial charge in [0.25, 0.3) is 0 Å². The number of hydrogen-bond acceptors (Lipinski definition) is 2. The third kappa shape index (κ3) is 4.26. The Morgan fingerprint density at radius 2 is 2.06 bits per heavy atom. The molecule has 0 aliphatic carbocycles. The van der Waals surface area contributed by atoms with Crippen LogP contribution in [0.1, 0.15) is 11.1 Å². The van der Waals surface area contributed by atoms with Crippen molar-refractivity contribution in [1.29, 1.82) is 0 Å². The van der Waals surface area contributed by atoms with Gasteiger partial charge in [0.15, 0.2) is 0 Å². The number of carbonyl (C=O) groups is 1. The van der Waals surface area contributed by atoms with E-state index in [4.69, 9.17) is 5.73 Å². The van der Waals surface area contributed by atoms with Crippen molar-refractivity contribution < 1.29 is 22.7 Å². The summed E-state index contributed by atoms with van der Waals surface area (Å²) in [6.45, 7) is -0.181. The first-order chi connectivity index (χ1) is 7.80. The molecule has 1 rings (SSSR count). The molecule has 0 saturated carbocycles. The predicted octanol–water partition coefficient (Wildman–Crippen LogP) is 3.11. The van der Waals surface area contributed by atoms with Crippen molar-refractivity contribution in [3.05, 3.63) is 33.8 Å². The van der Waals surface area contributed by atoms with Gasteiger partial charge in [-0.3, -0.25) is 0 Å². The molecule has 0 fully saturated rings. The van der Waals surface area contributed by atoms with Crippen LogP contribution in [0, 0.1) is 0 Å². The number of amides is 1. The number of rotatable bonds is 3. The summed E-state index contributed by atoms with van der Waals surface area (Å²) >= 11 is 2.97. The highest BCUT2D eigenvalue weighted by molar-refractivity contribution is 9.10. The Balaban J connectivity index is 2.87. The van der Waals surface area contributed by atoms with E-state index in [-0.39, 0.29) is 18.6 Å². The Morgan fingerprint density at radius 3 is 2.59 bits per heavy atom. The molecule has 7 heteroatoms. The smallest absolute Gasteiger partial charge is 0.416 e. The molecule has 1 amide bonds. The van der Waals surface area contributed by atoms with Gasteiger partial charge in [-0.2, -0.15) is 13.2 Å². The summed E-state index contributed by atoms with van der Waals surface area (Å²) in [7, 11) is 0. The molecule has 0 aromatic heterocycles. The molecule has 17 heavy (non-hydrogen) atoms. The summed E-state index contributed by atoms with van der Waals surface area (Å²) in [5, 5.41) is 0. The van der Waals surface area contributed by atoms with Crippen LogP contribution >= 0.6 is 15.9 Å². The van der Waals surface area contributed by atoms with Crippen LogP contribution in [0.5, 0.6) is 0 Å². The summed E-state index contributed by atoms with van der Waals surface area (Å²) in [6.07, 6.45) is -5.48.